The van der Waals surface area contributed by atoms with Gasteiger partial charge >= 0.3 is 0 Å². The predicted molar refractivity (Wildman–Crippen MR) is 98.2 cm³/mol. The van der Waals surface area contributed by atoms with Crippen molar-refractivity contribution in [1.29, 1.82) is 0 Å². The van der Waals surface area contributed by atoms with E-state index < -0.39 is 0 Å². The highest BCUT2D eigenvalue weighted by Crippen LogP contribution is 2.33. The monoisotopic (exact) mass is 338 g/mol. The quantitative estimate of drug-likeness (QED) is 0.875. The standard InChI is InChI=1S/C21H26N2O2/c1-16-7-9-17(10-8-16)21-18(5-4-14-25-21)15-23-20(24)12-11-19-6-2-3-13-22-19/h2-3,6-10,13,18,21H,4-5,11-12,14-15H2,1H3,(H,23,24)/t18-,21-/m0/s1. The van der Waals surface area contributed by atoms with Crippen LogP contribution in [0.1, 0.15) is 42.2 Å². The van der Waals surface area contributed by atoms with E-state index in [1.807, 2.05) is 18.2 Å². The highest BCUT2D eigenvalue weighted by molar-refractivity contribution is 5.76. The first-order valence-electron chi connectivity index (χ1n) is 9.07. The fourth-order valence-corrected chi connectivity index (χ4v) is 3.30. The van der Waals surface area contributed by atoms with Gasteiger partial charge in [0.1, 0.15) is 0 Å². The molecule has 3 rings (SSSR count). The highest BCUT2D eigenvalue weighted by atomic mass is 16.5. The number of amides is 1. The van der Waals surface area contributed by atoms with Gasteiger partial charge in [0.25, 0.3) is 0 Å². The lowest BCUT2D eigenvalue weighted by atomic mass is 9.89. The van der Waals surface area contributed by atoms with Gasteiger partial charge in [0.15, 0.2) is 0 Å². The van der Waals surface area contributed by atoms with Crippen LogP contribution < -0.4 is 5.32 Å². The van der Waals surface area contributed by atoms with E-state index in [0.717, 1.165) is 25.1 Å². The van der Waals surface area contributed by atoms with Crippen molar-refractivity contribution in [3.8, 4) is 0 Å². The van der Waals surface area contributed by atoms with Crippen molar-refractivity contribution < 1.29 is 9.53 Å². The van der Waals surface area contributed by atoms with Crippen LogP contribution in [0.3, 0.4) is 0 Å². The van der Waals surface area contributed by atoms with Crippen molar-refractivity contribution >= 4 is 5.91 Å². The van der Waals surface area contributed by atoms with Crippen LogP contribution in [-0.2, 0) is 16.0 Å². The number of nitrogens with one attached hydrogen (secondary N) is 1. The zero-order valence-corrected chi connectivity index (χ0v) is 14.8. The minimum atomic E-state index is 0.0745. The van der Waals surface area contributed by atoms with E-state index >= 15 is 0 Å². The molecule has 1 saturated heterocycles. The number of hydrogen-bond acceptors (Lipinski definition) is 3. The summed E-state index contributed by atoms with van der Waals surface area (Å²) in [5.74, 6) is 0.411. The van der Waals surface area contributed by atoms with Crippen LogP contribution in [0.5, 0.6) is 0 Å². The average molecular weight is 338 g/mol. The molecule has 1 amide bonds. The number of rotatable bonds is 6. The molecule has 1 aromatic heterocycles. The summed E-state index contributed by atoms with van der Waals surface area (Å²) < 4.78 is 6.02. The molecule has 2 heterocycles. The smallest absolute Gasteiger partial charge is 0.220 e. The maximum atomic E-state index is 12.2. The lowest BCUT2D eigenvalue weighted by molar-refractivity contribution is -0.121. The summed E-state index contributed by atoms with van der Waals surface area (Å²) in [4.78, 5) is 16.4. The Morgan fingerprint density at radius 3 is 2.84 bits per heavy atom. The molecular formula is C21H26N2O2. The topological polar surface area (TPSA) is 51.2 Å². The van der Waals surface area contributed by atoms with Crippen molar-refractivity contribution in [2.45, 2.75) is 38.7 Å². The molecule has 2 atom stereocenters. The van der Waals surface area contributed by atoms with Crippen molar-refractivity contribution in [3.05, 3.63) is 65.5 Å². The van der Waals surface area contributed by atoms with Crippen LogP contribution >= 0.6 is 0 Å². The van der Waals surface area contributed by atoms with Gasteiger partial charge in [-0.2, -0.15) is 0 Å². The highest BCUT2D eigenvalue weighted by Gasteiger charge is 2.27. The van der Waals surface area contributed by atoms with Gasteiger partial charge in [-0.05, 0) is 43.9 Å². The van der Waals surface area contributed by atoms with Gasteiger partial charge in [0, 0.05) is 37.4 Å². The fraction of sp³-hybridized carbons (Fsp3) is 0.429. The normalized spacial score (nSPS) is 20.2. The molecule has 1 aromatic carbocycles. The molecule has 1 aliphatic heterocycles. The molecule has 4 nitrogen and oxygen atoms in total. The van der Waals surface area contributed by atoms with E-state index in [9.17, 15) is 4.79 Å². The minimum absolute atomic E-state index is 0.0745. The molecule has 1 aliphatic rings. The summed E-state index contributed by atoms with van der Waals surface area (Å²) >= 11 is 0. The second-order valence-electron chi connectivity index (χ2n) is 6.73. The summed E-state index contributed by atoms with van der Waals surface area (Å²) in [6.45, 7) is 3.55. The minimum Gasteiger partial charge on any atom is -0.373 e. The van der Waals surface area contributed by atoms with Crippen molar-refractivity contribution in [2.24, 2.45) is 5.92 Å². The van der Waals surface area contributed by atoms with E-state index in [2.05, 4.69) is 41.5 Å². The third-order valence-corrected chi connectivity index (χ3v) is 4.75. The van der Waals surface area contributed by atoms with E-state index in [4.69, 9.17) is 4.74 Å². The van der Waals surface area contributed by atoms with Crippen molar-refractivity contribution in [2.75, 3.05) is 13.2 Å². The summed E-state index contributed by atoms with van der Waals surface area (Å²) in [5, 5.41) is 3.09. The van der Waals surface area contributed by atoms with E-state index in [1.54, 1.807) is 6.20 Å². The van der Waals surface area contributed by atoms with Gasteiger partial charge in [-0.1, -0.05) is 35.9 Å². The van der Waals surface area contributed by atoms with Crippen molar-refractivity contribution in [3.63, 3.8) is 0 Å². The second-order valence-corrected chi connectivity index (χ2v) is 6.73. The molecule has 1 N–H and O–H groups in total. The fourth-order valence-electron chi connectivity index (χ4n) is 3.30. The summed E-state index contributed by atoms with van der Waals surface area (Å²) in [6, 6.07) is 14.3. The molecule has 4 heteroatoms. The molecule has 0 bridgehead atoms. The Bertz CT molecular complexity index is 670. The molecule has 0 unspecified atom stereocenters. The van der Waals surface area contributed by atoms with Crippen LogP contribution in [0.4, 0.5) is 0 Å². The summed E-state index contributed by atoms with van der Waals surface area (Å²) in [6.07, 6.45) is 5.12. The number of aromatic nitrogens is 1. The molecule has 2 aromatic rings. The predicted octanol–water partition coefficient (Wildman–Crippen LogP) is 3.61. The maximum absolute atomic E-state index is 12.2. The number of aryl methyl sites for hydroxylation is 2. The molecule has 25 heavy (non-hydrogen) atoms. The van der Waals surface area contributed by atoms with Gasteiger partial charge in [0.2, 0.25) is 5.91 Å². The number of pyridine rings is 1. The first-order chi connectivity index (χ1) is 12.2. The van der Waals surface area contributed by atoms with Gasteiger partial charge in [0.05, 0.1) is 6.10 Å². The molecule has 0 aliphatic carbocycles. The van der Waals surface area contributed by atoms with Crippen LogP contribution in [0.2, 0.25) is 0 Å². The van der Waals surface area contributed by atoms with Gasteiger partial charge in [-0.3, -0.25) is 9.78 Å². The Balaban J connectivity index is 1.51. The van der Waals surface area contributed by atoms with Gasteiger partial charge in [-0.25, -0.2) is 0 Å². The lowest BCUT2D eigenvalue weighted by Gasteiger charge is -2.32. The van der Waals surface area contributed by atoms with Crippen LogP contribution in [0.25, 0.3) is 0 Å². The zero-order chi connectivity index (χ0) is 17.5. The maximum Gasteiger partial charge on any atom is 0.220 e. The summed E-state index contributed by atoms with van der Waals surface area (Å²) in [5.41, 5.74) is 3.41. The number of carbonyl (C=O) groups is 1. The molecule has 0 spiro atoms. The molecule has 0 saturated carbocycles. The third-order valence-electron chi connectivity index (χ3n) is 4.75. The van der Waals surface area contributed by atoms with E-state index in [1.165, 1.54) is 11.1 Å². The number of carbonyl (C=O) groups excluding carboxylic acids is 1. The van der Waals surface area contributed by atoms with Gasteiger partial charge in [-0.15, -0.1) is 0 Å². The number of ether oxygens (including phenoxy) is 1. The Labute approximate surface area is 149 Å². The number of hydrogen-bond donors (Lipinski definition) is 1. The Morgan fingerprint density at radius 2 is 2.08 bits per heavy atom. The third kappa shape index (κ3) is 5.13. The number of benzene rings is 1. The van der Waals surface area contributed by atoms with E-state index in [-0.39, 0.29) is 12.0 Å². The first-order valence-corrected chi connectivity index (χ1v) is 9.07. The zero-order valence-electron chi connectivity index (χ0n) is 14.8. The second kappa shape index (κ2) is 8.77. The first kappa shape index (κ1) is 17.6. The Hall–Kier alpha value is -2.20. The molecule has 132 valence electrons. The van der Waals surface area contributed by atoms with Crippen LogP contribution in [0, 0.1) is 12.8 Å². The number of nitrogens with zero attached hydrogens (tertiary/aromatic N) is 1. The lowest BCUT2D eigenvalue weighted by Crippen LogP contribution is -2.35. The van der Waals surface area contributed by atoms with Crippen LogP contribution in [-0.4, -0.2) is 24.0 Å². The average Bonchev–Trinajstić information content (AvgIpc) is 2.66. The molecule has 1 fully saturated rings. The molecular weight excluding hydrogens is 312 g/mol. The molecule has 0 radical (unpaired) electrons. The van der Waals surface area contributed by atoms with E-state index in [0.29, 0.717) is 25.3 Å². The SMILES string of the molecule is Cc1ccc([C@@H]2OCCC[C@H]2CNC(=O)CCc2ccccn2)cc1. The Kier molecular flexibility index (Phi) is 6.18. The summed E-state index contributed by atoms with van der Waals surface area (Å²) in [7, 11) is 0. The largest absolute Gasteiger partial charge is 0.373 e. The Morgan fingerprint density at radius 1 is 1.24 bits per heavy atom. The van der Waals surface area contributed by atoms with Gasteiger partial charge < -0.3 is 10.1 Å². The van der Waals surface area contributed by atoms with Crippen LogP contribution in [0.15, 0.2) is 48.7 Å². The van der Waals surface area contributed by atoms with Crippen molar-refractivity contribution in [1.82, 2.24) is 10.3 Å².